The van der Waals surface area contributed by atoms with Crippen molar-refractivity contribution in [2.75, 3.05) is 26.2 Å². The molecule has 0 bridgehead atoms. The first kappa shape index (κ1) is 16.8. The molecular weight excluding hydrogens is 343 g/mol. The molecule has 1 fully saturated rings. The van der Waals surface area contributed by atoms with Gasteiger partial charge in [0, 0.05) is 10.0 Å². The lowest BCUT2D eigenvalue weighted by atomic mass is 10.2. The second-order valence-corrected chi connectivity index (χ2v) is 6.37. The largest absolute Gasteiger partial charge is 0.293 e. The van der Waals surface area contributed by atoms with Crippen LogP contribution in [0.5, 0.6) is 0 Å². The van der Waals surface area contributed by atoms with E-state index in [1.54, 1.807) is 0 Å². The molecule has 0 aromatic heterocycles. The highest BCUT2D eigenvalue weighted by Crippen LogP contribution is 2.10. The van der Waals surface area contributed by atoms with Crippen LogP contribution in [0, 0.1) is 0 Å². The lowest BCUT2D eigenvalue weighted by Gasteiger charge is -2.31. The summed E-state index contributed by atoms with van der Waals surface area (Å²) >= 11 is 11.8. The van der Waals surface area contributed by atoms with E-state index >= 15 is 0 Å². The van der Waals surface area contributed by atoms with Crippen LogP contribution in [0.15, 0.2) is 58.7 Å². The summed E-state index contributed by atoms with van der Waals surface area (Å²) in [5.74, 6) is 0. The molecule has 1 saturated heterocycles. The van der Waals surface area contributed by atoms with E-state index in [0.717, 1.165) is 47.4 Å². The van der Waals surface area contributed by atoms with Gasteiger partial charge >= 0.3 is 0 Å². The Balaban J connectivity index is 1.48. The van der Waals surface area contributed by atoms with Crippen LogP contribution < -0.4 is 0 Å². The quantitative estimate of drug-likeness (QED) is 0.772. The van der Waals surface area contributed by atoms with Crippen molar-refractivity contribution in [3.8, 4) is 0 Å². The van der Waals surface area contributed by atoms with Gasteiger partial charge in [0.1, 0.15) is 0 Å². The number of halogens is 2. The summed E-state index contributed by atoms with van der Waals surface area (Å²) < 4.78 is 0. The Hall–Kier alpha value is -2.04. The van der Waals surface area contributed by atoms with Crippen molar-refractivity contribution in [2.24, 2.45) is 10.2 Å². The molecule has 2 aromatic carbocycles. The normalized spacial score (nSPS) is 15.6. The molecule has 2 aromatic rings. The van der Waals surface area contributed by atoms with Crippen molar-refractivity contribution in [1.82, 2.24) is 10.0 Å². The summed E-state index contributed by atoms with van der Waals surface area (Å²) in [6, 6.07) is 15.3. The summed E-state index contributed by atoms with van der Waals surface area (Å²) in [4.78, 5) is 0. The van der Waals surface area contributed by atoms with Gasteiger partial charge in [0.25, 0.3) is 0 Å². The SMILES string of the molecule is Clc1ccc(/C=N/N2CCN(/N=C/c3ccc(Cl)cc3)CC2)cc1. The molecule has 0 atom stereocenters. The van der Waals surface area contributed by atoms with Crippen LogP contribution in [0.3, 0.4) is 0 Å². The van der Waals surface area contributed by atoms with Crippen LogP contribution >= 0.6 is 23.2 Å². The molecule has 1 aliphatic rings. The number of nitrogens with zero attached hydrogens (tertiary/aromatic N) is 4. The van der Waals surface area contributed by atoms with Crippen molar-refractivity contribution >= 4 is 35.6 Å². The van der Waals surface area contributed by atoms with E-state index in [-0.39, 0.29) is 0 Å². The predicted octanol–water partition coefficient (Wildman–Crippen LogP) is 3.98. The molecule has 124 valence electrons. The second kappa shape index (κ2) is 8.18. The average molecular weight is 361 g/mol. The first-order valence-electron chi connectivity index (χ1n) is 7.78. The summed E-state index contributed by atoms with van der Waals surface area (Å²) in [5.41, 5.74) is 2.09. The number of hydrazone groups is 2. The third-order valence-electron chi connectivity index (χ3n) is 3.71. The van der Waals surface area contributed by atoms with Gasteiger partial charge in [-0.15, -0.1) is 0 Å². The number of rotatable bonds is 4. The van der Waals surface area contributed by atoms with E-state index in [2.05, 4.69) is 20.2 Å². The summed E-state index contributed by atoms with van der Waals surface area (Å²) in [7, 11) is 0. The Kier molecular flexibility index (Phi) is 5.72. The van der Waals surface area contributed by atoms with Crippen molar-refractivity contribution in [1.29, 1.82) is 0 Å². The standard InChI is InChI=1S/C18H18Cl2N4/c19-17-5-1-15(2-6-17)13-21-23-9-11-24(12-10-23)22-14-16-3-7-18(20)8-4-16/h1-8,13-14H,9-12H2/b21-13+,22-14+. The van der Waals surface area contributed by atoms with Gasteiger partial charge in [-0.25, -0.2) is 0 Å². The fraction of sp³-hybridized carbons (Fsp3) is 0.222. The van der Waals surface area contributed by atoms with Gasteiger partial charge in [-0.3, -0.25) is 10.0 Å². The second-order valence-electron chi connectivity index (χ2n) is 5.50. The Bertz CT molecular complexity index is 639. The van der Waals surface area contributed by atoms with E-state index in [4.69, 9.17) is 23.2 Å². The smallest absolute Gasteiger partial charge is 0.0553 e. The molecule has 0 spiro atoms. The zero-order chi connectivity index (χ0) is 16.8. The average Bonchev–Trinajstić information content (AvgIpc) is 2.62. The van der Waals surface area contributed by atoms with Crippen molar-refractivity contribution in [3.63, 3.8) is 0 Å². The highest BCUT2D eigenvalue weighted by atomic mass is 35.5. The minimum absolute atomic E-state index is 0.735. The Morgan fingerprint density at radius 1 is 0.625 bits per heavy atom. The van der Waals surface area contributed by atoms with E-state index in [9.17, 15) is 0 Å². The molecule has 0 radical (unpaired) electrons. The fourth-order valence-electron chi connectivity index (χ4n) is 2.31. The topological polar surface area (TPSA) is 31.2 Å². The Labute approximate surface area is 152 Å². The third-order valence-corrected chi connectivity index (χ3v) is 4.22. The molecule has 0 saturated carbocycles. The lowest BCUT2D eigenvalue weighted by Crippen LogP contribution is -2.41. The van der Waals surface area contributed by atoms with Crippen LogP contribution in [0.4, 0.5) is 0 Å². The number of piperazine rings is 1. The monoisotopic (exact) mass is 360 g/mol. The molecular formula is C18H18Cl2N4. The Morgan fingerprint density at radius 3 is 1.29 bits per heavy atom. The Morgan fingerprint density at radius 2 is 0.958 bits per heavy atom. The van der Waals surface area contributed by atoms with Crippen LogP contribution in [0.2, 0.25) is 10.0 Å². The summed E-state index contributed by atoms with van der Waals surface area (Å²) in [5, 5.41) is 14.6. The molecule has 3 rings (SSSR count). The van der Waals surface area contributed by atoms with Crippen molar-refractivity contribution in [2.45, 2.75) is 0 Å². The molecule has 1 aliphatic heterocycles. The molecule has 24 heavy (non-hydrogen) atoms. The maximum Gasteiger partial charge on any atom is 0.0553 e. The van der Waals surface area contributed by atoms with Crippen molar-refractivity contribution in [3.05, 3.63) is 69.7 Å². The van der Waals surface area contributed by atoms with Gasteiger partial charge in [0.05, 0.1) is 38.6 Å². The molecule has 0 N–H and O–H groups in total. The molecule has 0 aliphatic carbocycles. The minimum atomic E-state index is 0.735. The maximum absolute atomic E-state index is 5.88. The van der Waals surface area contributed by atoms with Gasteiger partial charge in [0.2, 0.25) is 0 Å². The van der Waals surface area contributed by atoms with Crippen LogP contribution in [0.25, 0.3) is 0 Å². The van der Waals surface area contributed by atoms with E-state index < -0.39 is 0 Å². The van der Waals surface area contributed by atoms with Crippen LogP contribution in [-0.4, -0.2) is 48.6 Å². The van der Waals surface area contributed by atoms with E-state index in [0.29, 0.717) is 0 Å². The summed E-state index contributed by atoms with van der Waals surface area (Å²) in [6.45, 7) is 3.40. The van der Waals surface area contributed by atoms with E-state index in [1.807, 2.05) is 61.0 Å². The first-order valence-corrected chi connectivity index (χ1v) is 8.54. The molecule has 0 unspecified atom stereocenters. The minimum Gasteiger partial charge on any atom is -0.293 e. The highest BCUT2D eigenvalue weighted by Gasteiger charge is 2.12. The predicted molar refractivity (Wildman–Crippen MR) is 101 cm³/mol. The van der Waals surface area contributed by atoms with Crippen LogP contribution in [0.1, 0.15) is 11.1 Å². The maximum atomic E-state index is 5.88. The summed E-state index contributed by atoms with van der Waals surface area (Å²) in [6.07, 6.45) is 3.73. The first-order chi connectivity index (χ1) is 11.7. The van der Waals surface area contributed by atoms with Gasteiger partial charge in [-0.2, -0.15) is 10.2 Å². The highest BCUT2D eigenvalue weighted by molar-refractivity contribution is 6.30. The van der Waals surface area contributed by atoms with E-state index in [1.165, 1.54) is 0 Å². The fourth-order valence-corrected chi connectivity index (χ4v) is 2.56. The molecule has 4 nitrogen and oxygen atoms in total. The molecule has 1 heterocycles. The lowest BCUT2D eigenvalue weighted by molar-refractivity contribution is 0.141. The number of benzene rings is 2. The number of hydrogen-bond donors (Lipinski definition) is 0. The van der Waals surface area contributed by atoms with Crippen molar-refractivity contribution < 1.29 is 0 Å². The zero-order valence-electron chi connectivity index (χ0n) is 13.1. The molecule has 6 heteroatoms. The van der Waals surface area contributed by atoms with Gasteiger partial charge in [0.15, 0.2) is 0 Å². The number of hydrogen-bond acceptors (Lipinski definition) is 4. The zero-order valence-corrected chi connectivity index (χ0v) is 14.7. The molecule has 0 amide bonds. The third kappa shape index (κ3) is 4.98. The van der Waals surface area contributed by atoms with Gasteiger partial charge in [-0.05, 0) is 35.4 Å². The van der Waals surface area contributed by atoms with Gasteiger partial charge < -0.3 is 0 Å². The van der Waals surface area contributed by atoms with Gasteiger partial charge in [-0.1, -0.05) is 47.5 Å². The van der Waals surface area contributed by atoms with Crippen LogP contribution in [-0.2, 0) is 0 Å².